The lowest BCUT2D eigenvalue weighted by atomic mass is 9.73. The SMILES string of the molecule is FC(F)(F)c1ccc2c(c1)[C@H]1O[C@@H](CNCc3cccs3)CC[C@H]1[C@H](C1C=CC=CC1)N2. The fourth-order valence-corrected chi connectivity index (χ4v) is 5.86. The highest BCUT2D eigenvalue weighted by atomic mass is 32.1. The Balaban J connectivity index is 1.38. The predicted octanol–water partition coefficient (Wildman–Crippen LogP) is 6.32. The second-order valence-electron chi connectivity index (χ2n) is 8.81. The van der Waals surface area contributed by atoms with Gasteiger partial charge in [0.1, 0.15) is 0 Å². The maximum absolute atomic E-state index is 13.4. The minimum Gasteiger partial charge on any atom is -0.381 e. The molecule has 0 spiro atoms. The lowest BCUT2D eigenvalue weighted by Gasteiger charge is -2.47. The largest absolute Gasteiger partial charge is 0.416 e. The molecule has 3 nitrogen and oxygen atoms in total. The van der Waals surface area contributed by atoms with E-state index in [1.165, 1.54) is 17.0 Å². The van der Waals surface area contributed by atoms with Gasteiger partial charge in [0.15, 0.2) is 0 Å². The van der Waals surface area contributed by atoms with Crippen molar-refractivity contribution < 1.29 is 17.9 Å². The van der Waals surface area contributed by atoms with Crippen molar-refractivity contribution in [3.8, 4) is 0 Å². The second kappa shape index (κ2) is 9.04. The van der Waals surface area contributed by atoms with Crippen molar-refractivity contribution in [2.75, 3.05) is 11.9 Å². The molecule has 1 saturated heterocycles. The molecule has 0 bridgehead atoms. The number of nitrogens with one attached hydrogen (secondary N) is 2. The van der Waals surface area contributed by atoms with Crippen LogP contribution >= 0.6 is 11.3 Å². The second-order valence-corrected chi connectivity index (χ2v) is 9.84. The first kappa shape index (κ1) is 21.7. The van der Waals surface area contributed by atoms with E-state index in [2.05, 4.69) is 40.3 Å². The zero-order valence-electron chi connectivity index (χ0n) is 17.6. The normalized spacial score (nSPS) is 29.3. The molecule has 0 saturated carbocycles. The van der Waals surface area contributed by atoms with E-state index >= 15 is 0 Å². The summed E-state index contributed by atoms with van der Waals surface area (Å²) in [4.78, 5) is 1.26. The van der Waals surface area contributed by atoms with Crippen LogP contribution in [0.25, 0.3) is 0 Å². The van der Waals surface area contributed by atoms with Gasteiger partial charge in [-0.2, -0.15) is 13.2 Å². The van der Waals surface area contributed by atoms with Crippen LogP contribution in [0.5, 0.6) is 0 Å². The van der Waals surface area contributed by atoms with Crippen LogP contribution in [0.1, 0.15) is 41.4 Å². The summed E-state index contributed by atoms with van der Waals surface area (Å²) < 4.78 is 46.8. The molecule has 3 heterocycles. The zero-order valence-corrected chi connectivity index (χ0v) is 18.5. The molecule has 0 radical (unpaired) electrons. The molecule has 5 atom stereocenters. The lowest BCUT2D eigenvalue weighted by Crippen LogP contribution is -2.48. The Kier molecular flexibility index (Phi) is 6.14. The molecule has 2 aliphatic heterocycles. The molecular weight excluding hydrogens is 433 g/mol. The number of hydrogen-bond donors (Lipinski definition) is 2. The average molecular weight is 461 g/mol. The fourth-order valence-electron chi connectivity index (χ4n) is 5.18. The molecular formula is C25H27F3N2OS. The quantitative estimate of drug-likeness (QED) is 0.548. The number of rotatable bonds is 5. The van der Waals surface area contributed by atoms with Gasteiger partial charge in [0.05, 0.1) is 17.8 Å². The van der Waals surface area contributed by atoms with E-state index in [4.69, 9.17) is 4.74 Å². The smallest absolute Gasteiger partial charge is 0.381 e. The third-order valence-corrected chi connectivity index (χ3v) is 7.62. The summed E-state index contributed by atoms with van der Waals surface area (Å²) in [6, 6.07) is 8.30. The summed E-state index contributed by atoms with van der Waals surface area (Å²) in [5, 5.41) is 9.08. The molecule has 1 unspecified atom stereocenters. The first-order valence-electron chi connectivity index (χ1n) is 11.2. The monoisotopic (exact) mass is 460 g/mol. The predicted molar refractivity (Wildman–Crippen MR) is 122 cm³/mol. The van der Waals surface area contributed by atoms with E-state index in [9.17, 15) is 13.2 Å². The Morgan fingerprint density at radius 3 is 2.81 bits per heavy atom. The zero-order chi connectivity index (χ0) is 22.1. The van der Waals surface area contributed by atoms with Gasteiger partial charge in [-0.15, -0.1) is 11.3 Å². The summed E-state index contributed by atoms with van der Waals surface area (Å²) in [6.07, 6.45) is 6.52. The van der Waals surface area contributed by atoms with Crippen molar-refractivity contribution in [2.24, 2.45) is 11.8 Å². The summed E-state index contributed by atoms with van der Waals surface area (Å²) in [5.74, 6) is 0.445. The van der Waals surface area contributed by atoms with E-state index in [0.717, 1.165) is 31.5 Å². The summed E-state index contributed by atoms with van der Waals surface area (Å²) in [7, 11) is 0. The van der Waals surface area contributed by atoms with Crippen LogP contribution in [0, 0.1) is 11.8 Å². The van der Waals surface area contributed by atoms with Gasteiger partial charge in [-0.05, 0) is 48.9 Å². The van der Waals surface area contributed by atoms with E-state index in [0.29, 0.717) is 18.0 Å². The van der Waals surface area contributed by atoms with Crippen LogP contribution in [-0.4, -0.2) is 18.7 Å². The van der Waals surface area contributed by atoms with Crippen molar-refractivity contribution in [3.63, 3.8) is 0 Å². The number of benzene rings is 1. The van der Waals surface area contributed by atoms with Crippen molar-refractivity contribution in [1.82, 2.24) is 5.32 Å². The van der Waals surface area contributed by atoms with Gasteiger partial charge in [0, 0.05) is 47.1 Å². The van der Waals surface area contributed by atoms with Gasteiger partial charge in [-0.1, -0.05) is 30.4 Å². The highest BCUT2D eigenvalue weighted by Crippen LogP contribution is 2.49. The number of alkyl halides is 3. The maximum atomic E-state index is 13.4. The third-order valence-electron chi connectivity index (χ3n) is 6.75. The highest BCUT2D eigenvalue weighted by Gasteiger charge is 2.44. The maximum Gasteiger partial charge on any atom is 0.416 e. The highest BCUT2D eigenvalue weighted by molar-refractivity contribution is 7.09. The summed E-state index contributed by atoms with van der Waals surface area (Å²) >= 11 is 1.71. The third kappa shape index (κ3) is 4.51. The number of allylic oxidation sites excluding steroid dienone is 3. The Hall–Kier alpha value is -2.09. The van der Waals surface area contributed by atoms with Gasteiger partial charge in [0.25, 0.3) is 0 Å². The number of ether oxygens (including phenoxy) is 1. The first-order chi connectivity index (χ1) is 15.5. The van der Waals surface area contributed by atoms with Gasteiger partial charge >= 0.3 is 6.18 Å². The van der Waals surface area contributed by atoms with E-state index in [-0.39, 0.29) is 24.2 Å². The van der Waals surface area contributed by atoms with Crippen molar-refractivity contribution >= 4 is 17.0 Å². The minimum atomic E-state index is -4.37. The molecule has 32 heavy (non-hydrogen) atoms. The molecule has 7 heteroatoms. The van der Waals surface area contributed by atoms with Crippen LogP contribution in [0.2, 0.25) is 0 Å². The van der Waals surface area contributed by atoms with Crippen LogP contribution in [0.3, 0.4) is 0 Å². The molecule has 170 valence electrons. The minimum absolute atomic E-state index is 0.0147. The number of anilines is 1. The number of fused-ring (bicyclic) bond motifs is 3. The van der Waals surface area contributed by atoms with Gasteiger partial charge in [-0.3, -0.25) is 0 Å². The molecule has 1 aromatic carbocycles. The summed E-state index contributed by atoms with van der Waals surface area (Å²) in [6.45, 7) is 1.48. The van der Waals surface area contributed by atoms with Crippen LogP contribution in [-0.2, 0) is 17.5 Å². The van der Waals surface area contributed by atoms with Crippen molar-refractivity contribution in [3.05, 3.63) is 76.0 Å². The lowest BCUT2D eigenvalue weighted by molar-refractivity contribution is -0.138. The number of thiophene rings is 1. The molecule has 1 fully saturated rings. The van der Waals surface area contributed by atoms with Crippen LogP contribution < -0.4 is 10.6 Å². The van der Waals surface area contributed by atoms with Crippen molar-refractivity contribution in [1.29, 1.82) is 0 Å². The van der Waals surface area contributed by atoms with E-state index in [1.807, 2.05) is 12.1 Å². The Morgan fingerprint density at radius 1 is 1.16 bits per heavy atom. The van der Waals surface area contributed by atoms with E-state index < -0.39 is 11.7 Å². The average Bonchev–Trinajstić information content (AvgIpc) is 3.32. The van der Waals surface area contributed by atoms with Crippen molar-refractivity contribution in [2.45, 2.75) is 50.2 Å². The molecule has 2 N–H and O–H groups in total. The number of hydrogen-bond acceptors (Lipinski definition) is 4. The fraction of sp³-hybridized carbons (Fsp3) is 0.440. The molecule has 5 rings (SSSR count). The van der Waals surface area contributed by atoms with Gasteiger partial charge < -0.3 is 15.4 Å². The van der Waals surface area contributed by atoms with E-state index in [1.54, 1.807) is 17.4 Å². The molecule has 2 aromatic rings. The molecule has 1 aromatic heterocycles. The van der Waals surface area contributed by atoms with Gasteiger partial charge in [0.2, 0.25) is 0 Å². The Morgan fingerprint density at radius 2 is 2.06 bits per heavy atom. The Labute approximate surface area is 190 Å². The van der Waals surface area contributed by atoms with Crippen LogP contribution in [0.15, 0.2) is 60.0 Å². The molecule has 1 aliphatic carbocycles. The summed E-state index contributed by atoms with van der Waals surface area (Å²) in [5.41, 5.74) is 0.788. The number of halogens is 3. The Bertz CT molecular complexity index is 986. The standard InChI is InChI=1S/C25H27F3N2OS/c26-25(27,28)17-8-11-22-21(13-17)24-20(23(30-22)16-5-2-1-3-6-16)10-9-18(31-24)14-29-15-19-7-4-12-32-19/h1-5,7-8,11-13,16,18,20,23-24,29-30H,6,9-10,14-15H2/t16?,18-,20+,23+,24+/m1/s1. The van der Waals surface area contributed by atoms with Gasteiger partial charge in [-0.25, -0.2) is 0 Å². The topological polar surface area (TPSA) is 33.3 Å². The molecule has 0 amide bonds. The van der Waals surface area contributed by atoms with Crippen LogP contribution in [0.4, 0.5) is 18.9 Å². The molecule has 3 aliphatic rings. The first-order valence-corrected chi connectivity index (χ1v) is 12.1.